The van der Waals surface area contributed by atoms with Crippen LogP contribution >= 0.6 is 0 Å². The summed E-state index contributed by atoms with van der Waals surface area (Å²) in [6.07, 6.45) is 0. The highest BCUT2D eigenvalue weighted by molar-refractivity contribution is 7.93. The molecule has 174 valence electrons. The molecule has 2 aromatic carbocycles. The van der Waals surface area contributed by atoms with Crippen LogP contribution < -0.4 is 9.62 Å². The Bertz CT molecular complexity index is 1350. The molecule has 7 nitrogen and oxygen atoms in total. The van der Waals surface area contributed by atoms with Gasteiger partial charge in [0.1, 0.15) is 6.07 Å². The van der Waals surface area contributed by atoms with Crippen molar-refractivity contribution in [1.29, 1.82) is 5.26 Å². The fraction of sp³-hybridized carbons (Fsp3) is 0.320. The zero-order valence-electron chi connectivity index (χ0n) is 19.6. The number of aromatic nitrogens is 1. The van der Waals surface area contributed by atoms with E-state index in [1.54, 1.807) is 13.8 Å². The van der Waals surface area contributed by atoms with Gasteiger partial charge in [-0.2, -0.15) is 5.26 Å². The van der Waals surface area contributed by atoms with Crippen LogP contribution in [-0.4, -0.2) is 45.3 Å². The Morgan fingerprint density at radius 3 is 2.45 bits per heavy atom. The van der Waals surface area contributed by atoms with Gasteiger partial charge in [0.05, 0.1) is 0 Å². The van der Waals surface area contributed by atoms with Gasteiger partial charge in [-0.1, -0.05) is 25.1 Å². The fourth-order valence-electron chi connectivity index (χ4n) is 3.70. The molecular formula is C25H30N4O3S. The van der Waals surface area contributed by atoms with Crippen molar-refractivity contribution >= 4 is 32.1 Å². The minimum absolute atomic E-state index is 0.0578. The van der Waals surface area contributed by atoms with E-state index in [1.165, 1.54) is 0 Å². The predicted octanol–water partition coefficient (Wildman–Crippen LogP) is 3.71. The summed E-state index contributed by atoms with van der Waals surface area (Å²) in [6.45, 7) is 3.27. The van der Waals surface area contributed by atoms with Crippen molar-refractivity contribution in [3.05, 3.63) is 59.1 Å². The van der Waals surface area contributed by atoms with E-state index < -0.39 is 10.0 Å². The predicted molar refractivity (Wildman–Crippen MR) is 134 cm³/mol. The van der Waals surface area contributed by atoms with Gasteiger partial charge in [-0.3, -0.25) is 0 Å². The van der Waals surface area contributed by atoms with Gasteiger partial charge in [-0.15, -0.1) is 0 Å². The molecule has 0 aliphatic rings. The first-order chi connectivity index (χ1) is 15.6. The number of fused-ring (bicyclic) bond motifs is 1. The van der Waals surface area contributed by atoms with E-state index in [9.17, 15) is 13.7 Å². The Morgan fingerprint density at radius 1 is 1.15 bits per heavy atom. The number of hydrogen-bond donors (Lipinski definition) is 2. The smallest absolute Gasteiger partial charge is 0.251 e. The third kappa shape index (κ3) is 5.11. The SMILES string of the molecule is C/C(=C(/C#N)S(=O)(=O)NCC(C)CO)c1ccc(-c2ccc3cc(N(C)C)ccc3c2)n1C. The molecule has 3 aromatic rings. The van der Waals surface area contributed by atoms with Crippen LogP contribution in [-0.2, 0) is 17.1 Å². The van der Waals surface area contributed by atoms with Crippen LogP contribution in [0.5, 0.6) is 0 Å². The van der Waals surface area contributed by atoms with E-state index in [2.05, 4.69) is 40.0 Å². The normalized spacial score (nSPS) is 13.5. The number of rotatable bonds is 8. The molecule has 0 fully saturated rings. The summed E-state index contributed by atoms with van der Waals surface area (Å²) in [4.78, 5) is 1.74. The standard InChI is InChI=1S/C25H30N4O3S/c1-17(16-30)15-27-33(31,32)25(14-26)18(2)23-10-11-24(29(23)5)21-7-6-20-13-22(28(3)4)9-8-19(20)12-21/h6-13,17,27,30H,15-16H2,1-5H3/b25-18+. The Morgan fingerprint density at radius 2 is 1.82 bits per heavy atom. The number of benzene rings is 2. The summed E-state index contributed by atoms with van der Waals surface area (Å²) >= 11 is 0. The van der Waals surface area contributed by atoms with Crippen LogP contribution in [0.3, 0.4) is 0 Å². The molecule has 3 rings (SSSR count). The van der Waals surface area contributed by atoms with Crippen molar-refractivity contribution in [2.45, 2.75) is 13.8 Å². The lowest BCUT2D eigenvalue weighted by Gasteiger charge is -2.14. The van der Waals surface area contributed by atoms with Gasteiger partial charge in [-0.05, 0) is 59.5 Å². The number of nitrogens with one attached hydrogen (secondary N) is 1. The molecule has 0 amide bonds. The lowest BCUT2D eigenvalue weighted by Crippen LogP contribution is -2.30. The Kier molecular flexibility index (Phi) is 7.28. The minimum atomic E-state index is -4.00. The molecule has 33 heavy (non-hydrogen) atoms. The van der Waals surface area contributed by atoms with Crippen molar-refractivity contribution in [2.75, 3.05) is 32.1 Å². The van der Waals surface area contributed by atoms with Gasteiger partial charge < -0.3 is 14.6 Å². The van der Waals surface area contributed by atoms with E-state index in [4.69, 9.17) is 5.11 Å². The zero-order chi connectivity index (χ0) is 24.3. The molecular weight excluding hydrogens is 436 g/mol. The van der Waals surface area contributed by atoms with Crippen molar-refractivity contribution in [3.8, 4) is 17.3 Å². The average Bonchev–Trinajstić information content (AvgIpc) is 3.18. The number of anilines is 1. The molecule has 2 N–H and O–H groups in total. The maximum atomic E-state index is 12.7. The molecule has 0 aliphatic heterocycles. The number of aliphatic hydroxyl groups excluding tert-OH is 1. The van der Waals surface area contributed by atoms with Crippen molar-refractivity contribution in [3.63, 3.8) is 0 Å². The second-order valence-electron chi connectivity index (χ2n) is 8.51. The van der Waals surface area contributed by atoms with Crippen molar-refractivity contribution in [1.82, 2.24) is 9.29 Å². The summed E-state index contributed by atoms with van der Waals surface area (Å²) in [6, 6.07) is 18.1. The molecule has 1 atom stereocenters. The number of nitrogens with zero attached hydrogens (tertiary/aromatic N) is 3. The molecule has 1 unspecified atom stereocenters. The highest BCUT2D eigenvalue weighted by atomic mass is 32.2. The molecule has 0 aliphatic carbocycles. The molecule has 1 aromatic heterocycles. The van der Waals surface area contributed by atoms with Crippen LogP contribution in [0.4, 0.5) is 5.69 Å². The van der Waals surface area contributed by atoms with E-state index in [-0.39, 0.29) is 24.0 Å². The lowest BCUT2D eigenvalue weighted by atomic mass is 10.0. The first-order valence-electron chi connectivity index (χ1n) is 10.7. The molecule has 0 spiro atoms. The zero-order valence-corrected chi connectivity index (χ0v) is 20.4. The Balaban J connectivity index is 2.00. The Hall–Kier alpha value is -3.12. The fourth-order valence-corrected chi connectivity index (χ4v) is 4.97. The van der Waals surface area contributed by atoms with Gasteiger partial charge in [0.2, 0.25) is 0 Å². The number of hydrogen-bond acceptors (Lipinski definition) is 5. The van der Waals surface area contributed by atoms with E-state index >= 15 is 0 Å². The van der Waals surface area contributed by atoms with Gasteiger partial charge >= 0.3 is 0 Å². The van der Waals surface area contributed by atoms with Crippen LogP contribution in [0.15, 0.2) is 53.4 Å². The van der Waals surface area contributed by atoms with Crippen molar-refractivity contribution in [2.24, 2.45) is 13.0 Å². The second kappa shape index (κ2) is 9.79. The lowest BCUT2D eigenvalue weighted by molar-refractivity contribution is 0.239. The van der Waals surface area contributed by atoms with Gasteiger partial charge in [0.25, 0.3) is 10.0 Å². The largest absolute Gasteiger partial charge is 0.396 e. The molecule has 1 heterocycles. The monoisotopic (exact) mass is 466 g/mol. The topological polar surface area (TPSA) is 98.4 Å². The quantitative estimate of drug-likeness (QED) is 0.493. The summed E-state index contributed by atoms with van der Waals surface area (Å²) in [5.41, 5.74) is 4.05. The second-order valence-corrected chi connectivity index (χ2v) is 10.2. The molecule has 0 saturated heterocycles. The van der Waals surface area contributed by atoms with Crippen molar-refractivity contribution < 1.29 is 13.5 Å². The number of aliphatic hydroxyl groups is 1. The third-order valence-electron chi connectivity index (χ3n) is 5.79. The summed E-state index contributed by atoms with van der Waals surface area (Å²) in [7, 11) is 1.88. The first-order valence-corrected chi connectivity index (χ1v) is 12.2. The first kappa shape index (κ1) is 24.5. The molecule has 0 saturated carbocycles. The van der Waals surface area contributed by atoms with Gasteiger partial charge in [0, 0.05) is 56.9 Å². The third-order valence-corrected chi connectivity index (χ3v) is 7.27. The van der Waals surface area contributed by atoms with Gasteiger partial charge in [-0.25, -0.2) is 13.1 Å². The van der Waals surface area contributed by atoms with Crippen LogP contribution in [0.2, 0.25) is 0 Å². The van der Waals surface area contributed by atoms with E-state index in [0.717, 1.165) is 27.7 Å². The summed E-state index contributed by atoms with van der Waals surface area (Å²) < 4.78 is 29.8. The highest BCUT2D eigenvalue weighted by Gasteiger charge is 2.23. The average molecular weight is 467 g/mol. The van der Waals surface area contributed by atoms with E-state index in [0.29, 0.717) is 11.3 Å². The number of allylic oxidation sites excluding steroid dienone is 2. The summed E-state index contributed by atoms with van der Waals surface area (Å²) in [5, 5.41) is 21.0. The minimum Gasteiger partial charge on any atom is -0.396 e. The molecule has 0 radical (unpaired) electrons. The Labute approximate surface area is 195 Å². The van der Waals surface area contributed by atoms with Crippen LogP contribution in [0.25, 0.3) is 27.6 Å². The highest BCUT2D eigenvalue weighted by Crippen LogP contribution is 2.31. The maximum absolute atomic E-state index is 12.7. The number of sulfonamides is 1. The number of nitriles is 1. The van der Waals surface area contributed by atoms with Crippen LogP contribution in [0.1, 0.15) is 19.5 Å². The molecule has 8 heteroatoms. The molecule has 0 bridgehead atoms. The summed E-state index contributed by atoms with van der Waals surface area (Å²) in [5.74, 6) is -0.247. The van der Waals surface area contributed by atoms with Gasteiger partial charge in [0.15, 0.2) is 4.91 Å². The van der Waals surface area contributed by atoms with Crippen LogP contribution in [0, 0.1) is 17.2 Å². The maximum Gasteiger partial charge on any atom is 0.251 e. The van der Waals surface area contributed by atoms with E-state index in [1.807, 2.05) is 50.0 Å².